The number of hydrogen-bond donors (Lipinski definition) is 2. The summed E-state index contributed by atoms with van der Waals surface area (Å²) in [4.78, 5) is 24.0. The minimum absolute atomic E-state index is 0.166. The first-order chi connectivity index (χ1) is 15.9. The summed E-state index contributed by atoms with van der Waals surface area (Å²) in [6.45, 7) is 0.320. The van der Waals surface area contributed by atoms with Crippen LogP contribution in [0.15, 0.2) is 78.9 Å². The van der Waals surface area contributed by atoms with Gasteiger partial charge in [0.05, 0.1) is 5.69 Å². The Morgan fingerprint density at radius 2 is 1.67 bits per heavy atom. The van der Waals surface area contributed by atoms with Gasteiger partial charge in [0.15, 0.2) is 0 Å². The fraction of sp³-hybridized carbons (Fsp3) is 0.167. The van der Waals surface area contributed by atoms with E-state index in [1.165, 1.54) is 0 Å². The van der Waals surface area contributed by atoms with Gasteiger partial charge in [-0.1, -0.05) is 54.6 Å². The third-order valence-electron chi connectivity index (χ3n) is 5.09. The Labute approximate surface area is 192 Å². The van der Waals surface area contributed by atoms with Gasteiger partial charge in [-0.25, -0.2) is 9.03 Å². The van der Waals surface area contributed by atoms with Crippen LogP contribution >= 0.6 is 0 Å². The zero-order valence-corrected chi connectivity index (χ0v) is 18.5. The topological polar surface area (TPSA) is 105 Å². The Hall–Kier alpha value is -3.85. The number of carbonyl (C=O) groups is 2. The number of anilines is 1. The molecule has 2 N–H and O–H groups in total. The van der Waals surface area contributed by atoms with Crippen LogP contribution in [0.1, 0.15) is 21.5 Å². The maximum Gasteiger partial charge on any atom is 0.326 e. The molecule has 0 saturated carbocycles. The summed E-state index contributed by atoms with van der Waals surface area (Å²) in [5.74, 6) is -0.428. The number of carbonyl (C=O) groups excluding carboxylic acids is 2. The molecule has 0 aliphatic carbocycles. The molecule has 0 unspecified atom stereocenters. The van der Waals surface area contributed by atoms with Crippen molar-refractivity contribution in [1.29, 1.82) is 0 Å². The molecule has 1 aliphatic rings. The van der Waals surface area contributed by atoms with Crippen molar-refractivity contribution in [2.75, 3.05) is 17.4 Å². The van der Waals surface area contributed by atoms with Gasteiger partial charge in [0.25, 0.3) is 11.8 Å². The second kappa shape index (κ2) is 9.74. The molecule has 0 bridgehead atoms. The molecule has 0 atom stereocenters. The summed E-state index contributed by atoms with van der Waals surface area (Å²) >= 11 is 0. The Morgan fingerprint density at radius 1 is 0.970 bits per heavy atom. The van der Waals surface area contributed by atoms with Crippen LogP contribution in [0.5, 0.6) is 5.75 Å². The smallest absolute Gasteiger partial charge is 0.326 e. The highest BCUT2D eigenvalue weighted by Crippen LogP contribution is 2.33. The van der Waals surface area contributed by atoms with Gasteiger partial charge in [-0.3, -0.25) is 9.59 Å². The molecule has 3 aromatic carbocycles. The predicted molar refractivity (Wildman–Crippen MR) is 124 cm³/mol. The van der Waals surface area contributed by atoms with E-state index in [-0.39, 0.29) is 24.7 Å². The third-order valence-corrected chi connectivity index (χ3v) is 6.48. The molecule has 0 radical (unpaired) electrons. The van der Waals surface area contributed by atoms with E-state index in [0.717, 1.165) is 15.4 Å². The first kappa shape index (κ1) is 22.3. The summed E-state index contributed by atoms with van der Waals surface area (Å²) in [6, 6.07) is 23.5. The second-order valence-electron chi connectivity index (χ2n) is 7.49. The monoisotopic (exact) mass is 465 g/mol. The molecule has 0 spiro atoms. The van der Waals surface area contributed by atoms with Crippen LogP contribution in [0, 0.1) is 0 Å². The Morgan fingerprint density at radius 3 is 2.33 bits per heavy atom. The van der Waals surface area contributed by atoms with Gasteiger partial charge in [-0.2, -0.15) is 8.42 Å². The molecule has 4 rings (SSSR count). The number of nitrogens with zero attached hydrogens (tertiary/aromatic N) is 1. The lowest BCUT2D eigenvalue weighted by Gasteiger charge is -2.20. The van der Waals surface area contributed by atoms with Crippen molar-refractivity contribution in [3.8, 4) is 5.75 Å². The van der Waals surface area contributed by atoms with Crippen molar-refractivity contribution in [1.82, 2.24) is 10.0 Å². The zero-order valence-electron chi connectivity index (χ0n) is 17.7. The van der Waals surface area contributed by atoms with Gasteiger partial charge in [-0.15, -0.1) is 0 Å². The van der Waals surface area contributed by atoms with E-state index in [1.807, 2.05) is 41.1 Å². The molecular formula is C24H23N3O5S. The van der Waals surface area contributed by atoms with Gasteiger partial charge in [-0.05, 0) is 41.8 Å². The summed E-state index contributed by atoms with van der Waals surface area (Å²) < 4.78 is 33.7. The first-order valence-electron chi connectivity index (χ1n) is 10.4. The highest BCUT2D eigenvalue weighted by molar-refractivity contribution is 7.92. The largest absolute Gasteiger partial charge is 0.487 e. The van der Waals surface area contributed by atoms with Gasteiger partial charge in [0.1, 0.15) is 18.9 Å². The molecule has 9 heteroatoms. The summed E-state index contributed by atoms with van der Waals surface area (Å²) in [5, 5.41) is 2.87. The lowest BCUT2D eigenvalue weighted by atomic mass is 10.1. The van der Waals surface area contributed by atoms with Crippen LogP contribution in [-0.2, 0) is 28.0 Å². The number of benzene rings is 3. The van der Waals surface area contributed by atoms with Crippen LogP contribution in [-0.4, -0.2) is 33.3 Å². The molecule has 1 aliphatic heterocycles. The lowest BCUT2D eigenvalue weighted by Crippen LogP contribution is -2.30. The minimum Gasteiger partial charge on any atom is -0.487 e. The van der Waals surface area contributed by atoms with Gasteiger partial charge < -0.3 is 10.1 Å². The van der Waals surface area contributed by atoms with E-state index in [4.69, 9.17) is 4.74 Å². The van der Waals surface area contributed by atoms with E-state index < -0.39 is 16.1 Å². The number of amides is 2. The highest BCUT2D eigenvalue weighted by atomic mass is 32.2. The van der Waals surface area contributed by atoms with Gasteiger partial charge in [0, 0.05) is 12.1 Å². The van der Waals surface area contributed by atoms with E-state index in [0.29, 0.717) is 24.3 Å². The molecular weight excluding hydrogens is 442 g/mol. The Bertz CT molecular complexity index is 1250. The average Bonchev–Trinajstić information content (AvgIpc) is 3.10. The standard InChI is InChI=1S/C24H23N3O5S/c28-23-16-27(33(30,31)26-23)21-12-11-18(13-14-25-24(29)20-9-5-2-6-10-20)15-22(21)32-17-19-7-3-1-4-8-19/h1-12,15H,13-14,16-17H2,(H,25,29)(H,26,28). The SMILES string of the molecule is O=C1CN(c2ccc(CCNC(=O)c3ccccc3)cc2OCc2ccccc2)S(=O)(=O)N1. The molecule has 3 aromatic rings. The molecule has 1 saturated heterocycles. The third kappa shape index (κ3) is 5.50. The van der Waals surface area contributed by atoms with E-state index in [9.17, 15) is 18.0 Å². The predicted octanol–water partition coefficient (Wildman–Crippen LogP) is 2.42. The van der Waals surface area contributed by atoms with Crippen molar-refractivity contribution in [3.05, 3.63) is 95.6 Å². The maximum absolute atomic E-state index is 12.4. The molecule has 1 fully saturated rings. The second-order valence-corrected chi connectivity index (χ2v) is 9.08. The molecule has 0 aromatic heterocycles. The van der Waals surface area contributed by atoms with Gasteiger partial charge >= 0.3 is 10.2 Å². The quantitative estimate of drug-likeness (QED) is 0.532. The van der Waals surface area contributed by atoms with Crippen LogP contribution in [0.2, 0.25) is 0 Å². The number of hydrogen-bond acceptors (Lipinski definition) is 5. The molecule has 1 heterocycles. The summed E-state index contributed by atoms with van der Waals surface area (Å²) in [6.07, 6.45) is 0.518. The minimum atomic E-state index is -3.97. The maximum atomic E-state index is 12.4. The van der Waals surface area contributed by atoms with Gasteiger partial charge in [0.2, 0.25) is 0 Å². The number of rotatable bonds is 8. The number of nitrogens with one attached hydrogen (secondary N) is 2. The number of ether oxygens (including phenoxy) is 1. The van der Waals surface area contributed by atoms with Crippen molar-refractivity contribution < 1.29 is 22.7 Å². The fourth-order valence-electron chi connectivity index (χ4n) is 3.44. The van der Waals surface area contributed by atoms with Crippen molar-refractivity contribution in [2.45, 2.75) is 13.0 Å². The summed E-state index contributed by atoms with van der Waals surface area (Å²) in [7, 11) is -3.97. The van der Waals surface area contributed by atoms with Crippen LogP contribution in [0.4, 0.5) is 5.69 Å². The average molecular weight is 466 g/mol. The lowest BCUT2D eigenvalue weighted by molar-refractivity contribution is -0.117. The Kier molecular flexibility index (Phi) is 6.60. The first-order valence-corrected chi connectivity index (χ1v) is 11.8. The van der Waals surface area contributed by atoms with Crippen molar-refractivity contribution >= 4 is 27.7 Å². The van der Waals surface area contributed by atoms with E-state index in [1.54, 1.807) is 42.5 Å². The van der Waals surface area contributed by atoms with Crippen LogP contribution in [0.25, 0.3) is 0 Å². The fourth-order valence-corrected chi connectivity index (χ4v) is 4.60. The van der Waals surface area contributed by atoms with Crippen LogP contribution in [0.3, 0.4) is 0 Å². The molecule has 2 amide bonds. The molecule has 8 nitrogen and oxygen atoms in total. The van der Waals surface area contributed by atoms with E-state index in [2.05, 4.69) is 5.32 Å². The molecule has 33 heavy (non-hydrogen) atoms. The van der Waals surface area contributed by atoms with Crippen molar-refractivity contribution in [2.24, 2.45) is 0 Å². The summed E-state index contributed by atoms with van der Waals surface area (Å²) in [5.41, 5.74) is 2.63. The highest BCUT2D eigenvalue weighted by Gasteiger charge is 2.35. The Balaban J connectivity index is 1.51. The van der Waals surface area contributed by atoms with E-state index >= 15 is 0 Å². The normalized spacial score (nSPS) is 14.5. The van der Waals surface area contributed by atoms with Crippen LogP contribution < -0.4 is 19.1 Å². The zero-order chi connectivity index (χ0) is 23.3. The van der Waals surface area contributed by atoms with Crippen molar-refractivity contribution in [3.63, 3.8) is 0 Å². The molecule has 170 valence electrons.